The highest BCUT2D eigenvalue weighted by Crippen LogP contribution is 2.05. The fourth-order valence-corrected chi connectivity index (χ4v) is 0.749. The molecule has 0 aliphatic heterocycles. The maximum Gasteiger partial charge on any atom is 0.368 e. The van der Waals surface area contributed by atoms with Crippen molar-refractivity contribution < 1.29 is 14.9 Å². The lowest BCUT2D eigenvalue weighted by Crippen LogP contribution is -2.03. The largest absolute Gasteiger partial charge is 0.368 e. The Kier molecular flexibility index (Phi) is 5.47. The van der Waals surface area contributed by atoms with Gasteiger partial charge in [0.1, 0.15) is 0 Å². The zero-order chi connectivity index (χ0) is 8.69. The van der Waals surface area contributed by atoms with Gasteiger partial charge in [-0.2, -0.15) is 5.26 Å². The van der Waals surface area contributed by atoms with Gasteiger partial charge in [-0.15, -0.1) is 0 Å². The molecule has 0 saturated carbocycles. The molecule has 0 radical (unpaired) electrons. The van der Waals surface area contributed by atoms with E-state index in [9.17, 15) is 4.79 Å². The van der Waals surface area contributed by atoms with E-state index in [4.69, 9.17) is 5.26 Å². The average molecular weight is 158 g/mol. The highest BCUT2D eigenvalue weighted by atomic mass is 17.1. The van der Waals surface area contributed by atoms with Crippen molar-refractivity contribution in [2.24, 2.45) is 0 Å². The Morgan fingerprint density at radius 3 is 2.55 bits per heavy atom. The van der Waals surface area contributed by atoms with Crippen molar-refractivity contribution in [2.75, 3.05) is 0 Å². The third kappa shape index (κ3) is 3.78. The van der Waals surface area contributed by atoms with Crippen molar-refractivity contribution in [1.82, 2.24) is 0 Å². The molecule has 0 aliphatic rings. The van der Waals surface area contributed by atoms with Gasteiger partial charge in [0.25, 0.3) is 0 Å². The molecule has 0 fully saturated rings. The van der Waals surface area contributed by atoms with Crippen LogP contribution < -0.4 is 0 Å². The van der Waals surface area contributed by atoms with E-state index in [1.54, 1.807) is 6.08 Å². The number of unbranched alkanes of at least 4 members (excludes halogenated alkanes) is 1. The van der Waals surface area contributed by atoms with Crippen molar-refractivity contribution in [3.63, 3.8) is 0 Å². The number of carbonyl (C=O) groups excluding carboxylic acids is 1. The van der Waals surface area contributed by atoms with Crippen LogP contribution in [-0.4, -0.2) is 11.2 Å². The molecule has 0 aromatic rings. The normalized spacial score (nSPS) is 11.4. The van der Waals surface area contributed by atoms with Gasteiger partial charge in [0, 0.05) is 5.57 Å². The molecule has 0 aromatic carbocycles. The van der Waals surface area contributed by atoms with E-state index >= 15 is 0 Å². The maximum absolute atomic E-state index is 10.7. The van der Waals surface area contributed by atoms with Gasteiger partial charge >= 0.3 is 5.97 Å². The SMILES string of the molecule is CCCC=C(CC)C(=O)OO. The van der Waals surface area contributed by atoms with Gasteiger partial charge in [0.05, 0.1) is 0 Å². The van der Waals surface area contributed by atoms with Crippen LogP contribution in [0.25, 0.3) is 0 Å². The number of allylic oxidation sites excluding steroid dienone is 1. The highest BCUT2D eigenvalue weighted by Gasteiger charge is 2.06. The van der Waals surface area contributed by atoms with Gasteiger partial charge in [0.15, 0.2) is 0 Å². The lowest BCUT2D eigenvalue weighted by Gasteiger charge is -1.98. The number of hydrogen-bond acceptors (Lipinski definition) is 3. The molecule has 0 saturated heterocycles. The summed E-state index contributed by atoms with van der Waals surface area (Å²) in [5.74, 6) is -0.638. The fourth-order valence-electron chi connectivity index (χ4n) is 0.749. The molecule has 64 valence electrons. The molecule has 0 bridgehead atoms. The van der Waals surface area contributed by atoms with Gasteiger partial charge in [0.2, 0.25) is 0 Å². The summed E-state index contributed by atoms with van der Waals surface area (Å²) in [6.07, 6.45) is 4.22. The zero-order valence-corrected chi connectivity index (χ0v) is 6.96. The molecule has 0 aliphatic carbocycles. The monoisotopic (exact) mass is 158 g/mol. The van der Waals surface area contributed by atoms with E-state index in [-0.39, 0.29) is 0 Å². The predicted octanol–water partition coefficient (Wildman–Crippen LogP) is 2.14. The highest BCUT2D eigenvalue weighted by molar-refractivity contribution is 5.87. The second kappa shape index (κ2) is 5.92. The van der Waals surface area contributed by atoms with Crippen LogP contribution in [0, 0.1) is 0 Å². The minimum absolute atomic E-state index is 0.536. The quantitative estimate of drug-likeness (QED) is 0.387. The van der Waals surface area contributed by atoms with E-state index in [0.717, 1.165) is 12.8 Å². The van der Waals surface area contributed by atoms with Crippen molar-refractivity contribution in [3.05, 3.63) is 11.6 Å². The zero-order valence-electron chi connectivity index (χ0n) is 6.96. The lowest BCUT2D eigenvalue weighted by molar-refractivity contribution is -0.229. The molecule has 0 aromatic heterocycles. The minimum Gasteiger partial charge on any atom is -0.296 e. The van der Waals surface area contributed by atoms with Gasteiger partial charge < -0.3 is 0 Å². The molecule has 3 heteroatoms. The van der Waals surface area contributed by atoms with Gasteiger partial charge in [-0.05, 0) is 12.8 Å². The maximum atomic E-state index is 10.7. The molecule has 0 unspecified atom stereocenters. The number of carbonyl (C=O) groups is 1. The van der Waals surface area contributed by atoms with Crippen LogP contribution in [0.4, 0.5) is 0 Å². The van der Waals surface area contributed by atoms with E-state index in [1.165, 1.54) is 0 Å². The smallest absolute Gasteiger partial charge is 0.296 e. The number of hydrogen-bond donors (Lipinski definition) is 1. The topological polar surface area (TPSA) is 46.5 Å². The van der Waals surface area contributed by atoms with Crippen LogP contribution in [0.3, 0.4) is 0 Å². The van der Waals surface area contributed by atoms with E-state index in [1.807, 2.05) is 13.8 Å². The average Bonchev–Trinajstić information content (AvgIpc) is 2.05. The summed E-state index contributed by atoms with van der Waals surface area (Å²) in [7, 11) is 0. The minimum atomic E-state index is -0.638. The molecule has 1 N–H and O–H groups in total. The Bertz CT molecular complexity index is 149. The Morgan fingerprint density at radius 2 is 2.18 bits per heavy atom. The lowest BCUT2D eigenvalue weighted by atomic mass is 10.1. The summed E-state index contributed by atoms with van der Waals surface area (Å²) >= 11 is 0. The van der Waals surface area contributed by atoms with Crippen LogP contribution in [0.1, 0.15) is 33.1 Å². The van der Waals surface area contributed by atoms with Crippen molar-refractivity contribution in [1.29, 1.82) is 0 Å². The molecule has 0 spiro atoms. The first-order valence-corrected chi connectivity index (χ1v) is 3.81. The second-order valence-electron chi connectivity index (χ2n) is 2.25. The standard InChI is InChI=1S/C8H14O3/c1-3-5-6-7(4-2)8(9)11-10/h6,10H,3-5H2,1-2H3. The third-order valence-electron chi connectivity index (χ3n) is 1.41. The van der Waals surface area contributed by atoms with E-state index in [0.29, 0.717) is 12.0 Å². The van der Waals surface area contributed by atoms with Crippen LogP contribution >= 0.6 is 0 Å². The van der Waals surface area contributed by atoms with Crippen molar-refractivity contribution >= 4 is 5.97 Å². The predicted molar refractivity (Wildman–Crippen MR) is 42.0 cm³/mol. The molecule has 0 atom stereocenters. The molecule has 11 heavy (non-hydrogen) atoms. The summed E-state index contributed by atoms with van der Waals surface area (Å²) in [6.45, 7) is 3.87. The number of rotatable bonds is 4. The third-order valence-corrected chi connectivity index (χ3v) is 1.41. The second-order valence-corrected chi connectivity index (χ2v) is 2.25. The molecular weight excluding hydrogens is 144 g/mol. The van der Waals surface area contributed by atoms with Gasteiger partial charge in [-0.3, -0.25) is 4.89 Å². The molecular formula is C8H14O3. The molecule has 0 heterocycles. The summed E-state index contributed by atoms with van der Waals surface area (Å²) in [5.41, 5.74) is 0.536. The van der Waals surface area contributed by atoms with Gasteiger partial charge in [-0.25, -0.2) is 4.79 Å². The summed E-state index contributed by atoms with van der Waals surface area (Å²) in [5, 5.41) is 8.05. The van der Waals surface area contributed by atoms with E-state index < -0.39 is 5.97 Å². The first kappa shape index (κ1) is 10.2. The summed E-state index contributed by atoms with van der Waals surface area (Å²) in [6, 6.07) is 0. The van der Waals surface area contributed by atoms with Gasteiger partial charge in [-0.1, -0.05) is 26.3 Å². The van der Waals surface area contributed by atoms with Crippen LogP contribution in [0.15, 0.2) is 11.6 Å². The van der Waals surface area contributed by atoms with Crippen LogP contribution in [0.2, 0.25) is 0 Å². The Labute approximate surface area is 66.6 Å². The first-order chi connectivity index (χ1) is 5.26. The molecule has 0 amide bonds. The van der Waals surface area contributed by atoms with Crippen molar-refractivity contribution in [2.45, 2.75) is 33.1 Å². The Morgan fingerprint density at radius 1 is 1.55 bits per heavy atom. The Hall–Kier alpha value is -0.830. The summed E-state index contributed by atoms with van der Waals surface area (Å²) in [4.78, 5) is 14.3. The van der Waals surface area contributed by atoms with Crippen molar-refractivity contribution in [3.8, 4) is 0 Å². The van der Waals surface area contributed by atoms with E-state index in [2.05, 4.69) is 4.89 Å². The first-order valence-electron chi connectivity index (χ1n) is 3.81. The molecule has 0 rings (SSSR count). The summed E-state index contributed by atoms with van der Waals surface area (Å²) < 4.78 is 0. The van der Waals surface area contributed by atoms with Crippen LogP contribution in [-0.2, 0) is 9.68 Å². The fraction of sp³-hybridized carbons (Fsp3) is 0.625. The van der Waals surface area contributed by atoms with Crippen LogP contribution in [0.5, 0.6) is 0 Å². The molecule has 3 nitrogen and oxygen atoms in total. The Balaban J connectivity index is 4.03.